The molecule has 1 aliphatic rings. The molecule has 0 unspecified atom stereocenters. The van der Waals surface area contributed by atoms with Gasteiger partial charge in [0.25, 0.3) is 0 Å². The highest BCUT2D eigenvalue weighted by atomic mass is 35.5. The second-order valence-corrected chi connectivity index (χ2v) is 4.59. The molecular formula is C12H15ClN2. The molecule has 80 valence electrons. The largest absolute Gasteiger partial charge is 0.323 e. The molecule has 0 spiro atoms. The zero-order valence-electron chi connectivity index (χ0n) is 8.83. The van der Waals surface area contributed by atoms with Crippen LogP contribution in [0.25, 0.3) is 0 Å². The number of hydrogen-bond acceptors (Lipinski definition) is 2. The van der Waals surface area contributed by atoms with Gasteiger partial charge in [-0.25, -0.2) is 0 Å². The van der Waals surface area contributed by atoms with E-state index in [0.29, 0.717) is 0 Å². The summed E-state index contributed by atoms with van der Waals surface area (Å²) < 4.78 is 0. The fourth-order valence-corrected chi connectivity index (χ4v) is 2.41. The molecule has 0 aliphatic heterocycles. The van der Waals surface area contributed by atoms with E-state index in [1.54, 1.807) is 0 Å². The molecule has 0 amide bonds. The van der Waals surface area contributed by atoms with E-state index in [1.165, 1.54) is 12.0 Å². The Balaban J connectivity index is 2.38. The smallest absolute Gasteiger partial charge is 0.0450 e. The van der Waals surface area contributed by atoms with Crippen molar-refractivity contribution in [2.24, 2.45) is 10.9 Å². The Labute approximate surface area is 95.1 Å². The summed E-state index contributed by atoms with van der Waals surface area (Å²) >= 11 is 5.88. The van der Waals surface area contributed by atoms with E-state index < -0.39 is 0 Å². The van der Waals surface area contributed by atoms with Crippen molar-refractivity contribution in [3.63, 3.8) is 0 Å². The second-order valence-electron chi connectivity index (χ2n) is 4.16. The van der Waals surface area contributed by atoms with Gasteiger partial charge in [0.05, 0.1) is 0 Å². The van der Waals surface area contributed by atoms with Crippen molar-refractivity contribution in [3.8, 4) is 0 Å². The van der Waals surface area contributed by atoms with Crippen LogP contribution >= 0.6 is 11.6 Å². The van der Waals surface area contributed by atoms with E-state index in [4.69, 9.17) is 17.4 Å². The van der Waals surface area contributed by atoms with Crippen LogP contribution in [-0.4, -0.2) is 5.71 Å². The number of rotatable bonds is 2. The Kier molecular flexibility index (Phi) is 2.70. The first-order chi connectivity index (χ1) is 7.19. The minimum Gasteiger partial charge on any atom is -0.323 e. The number of halogens is 1. The van der Waals surface area contributed by atoms with Crippen LogP contribution in [0, 0.1) is 0 Å². The molecule has 1 fully saturated rings. The van der Waals surface area contributed by atoms with Crippen molar-refractivity contribution >= 4 is 17.3 Å². The summed E-state index contributed by atoms with van der Waals surface area (Å²) in [6.07, 6.45) is 3.53. The van der Waals surface area contributed by atoms with Crippen LogP contribution < -0.4 is 5.84 Å². The topological polar surface area (TPSA) is 38.4 Å². The lowest BCUT2D eigenvalue weighted by Gasteiger charge is -2.42. The lowest BCUT2D eigenvalue weighted by molar-refractivity contribution is 0.338. The molecular weight excluding hydrogens is 208 g/mol. The summed E-state index contributed by atoms with van der Waals surface area (Å²) in [7, 11) is 0. The molecule has 2 rings (SSSR count). The Morgan fingerprint density at radius 1 is 1.33 bits per heavy atom. The van der Waals surface area contributed by atoms with Crippen LogP contribution in [0.1, 0.15) is 31.7 Å². The highest BCUT2D eigenvalue weighted by molar-refractivity contribution is 6.30. The molecule has 0 radical (unpaired) electrons. The molecule has 1 aromatic carbocycles. The van der Waals surface area contributed by atoms with Crippen molar-refractivity contribution in [1.82, 2.24) is 0 Å². The maximum Gasteiger partial charge on any atom is 0.0450 e. The van der Waals surface area contributed by atoms with E-state index in [9.17, 15) is 0 Å². The summed E-state index contributed by atoms with van der Waals surface area (Å²) in [4.78, 5) is 0. The maximum absolute atomic E-state index is 5.88. The molecule has 0 bridgehead atoms. The highest BCUT2D eigenvalue weighted by Gasteiger charge is 2.41. The Morgan fingerprint density at radius 3 is 2.33 bits per heavy atom. The molecule has 15 heavy (non-hydrogen) atoms. The van der Waals surface area contributed by atoms with Crippen molar-refractivity contribution in [2.45, 2.75) is 31.6 Å². The second kappa shape index (κ2) is 3.86. The molecule has 0 atom stereocenters. The molecule has 2 N–H and O–H groups in total. The van der Waals surface area contributed by atoms with Gasteiger partial charge in [-0.1, -0.05) is 30.2 Å². The van der Waals surface area contributed by atoms with Gasteiger partial charge in [0.1, 0.15) is 0 Å². The molecule has 1 aromatic rings. The lowest BCUT2D eigenvalue weighted by Crippen LogP contribution is -2.41. The highest BCUT2D eigenvalue weighted by Crippen LogP contribution is 2.45. The standard InChI is InChI=1S/C12H15ClN2/c1-9(15-14)12(7-2-8-12)10-3-5-11(13)6-4-10/h3-6H,2,7-8,14H2,1H3/b15-9+. The molecule has 0 aromatic heterocycles. The predicted octanol–water partition coefficient (Wildman–Crippen LogP) is 3.10. The van der Waals surface area contributed by atoms with Gasteiger partial charge in [-0.2, -0.15) is 5.10 Å². The summed E-state index contributed by atoms with van der Waals surface area (Å²) in [5.74, 6) is 5.40. The van der Waals surface area contributed by atoms with E-state index in [0.717, 1.165) is 23.6 Å². The van der Waals surface area contributed by atoms with E-state index in [1.807, 2.05) is 19.1 Å². The average molecular weight is 223 g/mol. The van der Waals surface area contributed by atoms with Gasteiger partial charge >= 0.3 is 0 Å². The number of nitrogens with zero attached hydrogens (tertiary/aromatic N) is 1. The third-order valence-electron chi connectivity index (χ3n) is 3.49. The van der Waals surface area contributed by atoms with Crippen LogP contribution in [0.4, 0.5) is 0 Å². The van der Waals surface area contributed by atoms with E-state index in [2.05, 4.69) is 17.2 Å². The lowest BCUT2D eigenvalue weighted by atomic mass is 9.62. The molecule has 2 nitrogen and oxygen atoms in total. The minimum absolute atomic E-state index is 0.0827. The van der Waals surface area contributed by atoms with E-state index in [-0.39, 0.29) is 5.41 Å². The van der Waals surface area contributed by atoms with Crippen molar-refractivity contribution in [3.05, 3.63) is 34.9 Å². The van der Waals surface area contributed by atoms with Gasteiger partial charge in [0.2, 0.25) is 0 Å². The molecule has 3 heteroatoms. The van der Waals surface area contributed by atoms with Gasteiger partial charge < -0.3 is 5.84 Å². The summed E-state index contributed by atoms with van der Waals surface area (Å²) in [5.41, 5.74) is 2.39. The van der Waals surface area contributed by atoms with Crippen LogP contribution in [0.3, 0.4) is 0 Å². The van der Waals surface area contributed by atoms with Gasteiger partial charge in [-0.3, -0.25) is 0 Å². The molecule has 0 heterocycles. The van der Waals surface area contributed by atoms with Crippen LogP contribution in [0.2, 0.25) is 5.02 Å². The quantitative estimate of drug-likeness (QED) is 0.466. The first-order valence-electron chi connectivity index (χ1n) is 5.20. The maximum atomic E-state index is 5.88. The number of nitrogens with two attached hydrogens (primary N) is 1. The number of hydrogen-bond donors (Lipinski definition) is 1. The van der Waals surface area contributed by atoms with Crippen molar-refractivity contribution in [2.75, 3.05) is 0 Å². The summed E-state index contributed by atoms with van der Waals surface area (Å²) in [6, 6.07) is 8.02. The zero-order valence-corrected chi connectivity index (χ0v) is 9.59. The molecule has 1 aliphatic carbocycles. The third-order valence-corrected chi connectivity index (χ3v) is 3.74. The van der Waals surface area contributed by atoms with Gasteiger partial charge in [0.15, 0.2) is 0 Å². The Morgan fingerprint density at radius 2 is 1.93 bits per heavy atom. The number of hydrazone groups is 1. The third kappa shape index (κ3) is 1.63. The van der Waals surface area contributed by atoms with Crippen molar-refractivity contribution in [1.29, 1.82) is 0 Å². The van der Waals surface area contributed by atoms with Crippen LogP contribution in [-0.2, 0) is 5.41 Å². The van der Waals surface area contributed by atoms with Gasteiger partial charge in [0, 0.05) is 16.1 Å². The number of benzene rings is 1. The molecule has 0 saturated heterocycles. The summed E-state index contributed by atoms with van der Waals surface area (Å²) in [5, 5.41) is 4.64. The SMILES string of the molecule is C/C(=N\N)C1(c2ccc(Cl)cc2)CCC1. The Hall–Kier alpha value is -1.02. The fraction of sp³-hybridized carbons (Fsp3) is 0.417. The van der Waals surface area contributed by atoms with Gasteiger partial charge in [-0.05, 0) is 37.5 Å². The molecule has 1 saturated carbocycles. The average Bonchev–Trinajstić information content (AvgIpc) is 2.19. The zero-order chi connectivity index (χ0) is 10.9. The van der Waals surface area contributed by atoms with Crippen molar-refractivity contribution < 1.29 is 0 Å². The first kappa shape index (κ1) is 10.5. The summed E-state index contributed by atoms with van der Waals surface area (Å²) in [6.45, 7) is 2.01. The predicted molar refractivity (Wildman–Crippen MR) is 64.3 cm³/mol. The fourth-order valence-electron chi connectivity index (χ4n) is 2.28. The Bertz CT molecular complexity index is 377. The van der Waals surface area contributed by atoms with Gasteiger partial charge in [-0.15, -0.1) is 0 Å². The van der Waals surface area contributed by atoms with Crippen LogP contribution in [0.15, 0.2) is 29.4 Å². The van der Waals surface area contributed by atoms with Crippen LogP contribution in [0.5, 0.6) is 0 Å². The monoisotopic (exact) mass is 222 g/mol. The minimum atomic E-state index is 0.0827. The normalized spacial score (nSPS) is 19.7. The first-order valence-corrected chi connectivity index (χ1v) is 5.58. The van der Waals surface area contributed by atoms with E-state index >= 15 is 0 Å².